The van der Waals surface area contributed by atoms with Gasteiger partial charge in [0.05, 0.1) is 18.8 Å². The van der Waals surface area contributed by atoms with Crippen molar-refractivity contribution in [2.24, 2.45) is 0 Å². The van der Waals surface area contributed by atoms with E-state index in [1.54, 1.807) is 13.8 Å². The first kappa shape index (κ1) is 19.8. The van der Waals surface area contributed by atoms with Crippen LogP contribution in [0.1, 0.15) is 39.3 Å². The van der Waals surface area contributed by atoms with E-state index in [1.165, 1.54) is 18.0 Å². The summed E-state index contributed by atoms with van der Waals surface area (Å²) in [7, 11) is 1.29. The van der Waals surface area contributed by atoms with Gasteiger partial charge < -0.3 is 10.1 Å². The largest absolute Gasteiger partial charge is 0.465 e. The Morgan fingerprint density at radius 1 is 1.25 bits per heavy atom. The first-order chi connectivity index (χ1) is 13.2. The molecule has 146 valence electrons. The second-order valence-corrected chi connectivity index (χ2v) is 7.67. The van der Waals surface area contributed by atoms with Crippen molar-refractivity contribution in [2.75, 3.05) is 12.4 Å². The lowest BCUT2D eigenvalue weighted by atomic mass is 10.1. The molecule has 0 bridgehead atoms. The maximum atomic E-state index is 13.0. The van der Waals surface area contributed by atoms with E-state index in [2.05, 4.69) is 10.3 Å². The van der Waals surface area contributed by atoms with Gasteiger partial charge in [0, 0.05) is 5.69 Å². The summed E-state index contributed by atoms with van der Waals surface area (Å²) in [4.78, 5) is 42.7. The molecule has 3 rings (SSSR count). The van der Waals surface area contributed by atoms with Crippen LogP contribution in [0.2, 0.25) is 0 Å². The third-order valence-electron chi connectivity index (χ3n) is 4.69. The number of fused-ring (bicyclic) bond motifs is 1. The summed E-state index contributed by atoms with van der Waals surface area (Å²) in [6.07, 6.45) is 1.34. The van der Waals surface area contributed by atoms with Gasteiger partial charge in [0.25, 0.3) is 5.56 Å². The smallest absolute Gasteiger partial charge is 0.348 e. The number of amides is 1. The minimum atomic E-state index is -0.773. The topological polar surface area (TPSA) is 90.3 Å². The Morgan fingerprint density at radius 2 is 1.96 bits per heavy atom. The first-order valence-electron chi connectivity index (χ1n) is 8.71. The number of hydrogen-bond donors (Lipinski definition) is 1. The van der Waals surface area contributed by atoms with Gasteiger partial charge in [-0.25, -0.2) is 9.78 Å². The number of aryl methyl sites for hydroxylation is 3. The molecule has 1 amide bonds. The van der Waals surface area contributed by atoms with E-state index in [9.17, 15) is 14.4 Å². The average molecular weight is 399 g/mol. The van der Waals surface area contributed by atoms with Gasteiger partial charge in [0.2, 0.25) is 5.91 Å². The highest BCUT2D eigenvalue weighted by molar-refractivity contribution is 7.20. The van der Waals surface area contributed by atoms with Crippen molar-refractivity contribution in [2.45, 2.75) is 33.7 Å². The SMILES string of the molecule is COC(=O)c1sc2ncn([C@@H](C)C(=O)Nc3cc(C)ccc3C)c(=O)c2c1C. The second-order valence-electron chi connectivity index (χ2n) is 6.67. The summed E-state index contributed by atoms with van der Waals surface area (Å²) >= 11 is 1.11. The molecule has 0 saturated heterocycles. The molecule has 2 heterocycles. The van der Waals surface area contributed by atoms with Gasteiger partial charge in [-0.3, -0.25) is 14.2 Å². The number of benzene rings is 1. The average Bonchev–Trinajstić information content (AvgIpc) is 3.01. The molecule has 0 radical (unpaired) electrons. The highest BCUT2D eigenvalue weighted by Gasteiger charge is 2.23. The van der Waals surface area contributed by atoms with E-state index in [0.717, 1.165) is 22.5 Å². The van der Waals surface area contributed by atoms with E-state index in [0.29, 0.717) is 26.3 Å². The number of aromatic nitrogens is 2. The summed E-state index contributed by atoms with van der Waals surface area (Å²) in [5, 5.41) is 3.21. The number of hydrogen-bond acceptors (Lipinski definition) is 6. The van der Waals surface area contributed by atoms with Crippen LogP contribution in [-0.4, -0.2) is 28.5 Å². The molecule has 0 unspecified atom stereocenters. The van der Waals surface area contributed by atoms with Crippen LogP contribution in [0.5, 0.6) is 0 Å². The highest BCUT2D eigenvalue weighted by Crippen LogP contribution is 2.27. The van der Waals surface area contributed by atoms with Crippen molar-refractivity contribution in [1.29, 1.82) is 0 Å². The van der Waals surface area contributed by atoms with Crippen molar-refractivity contribution in [1.82, 2.24) is 9.55 Å². The molecule has 0 saturated carbocycles. The molecule has 0 spiro atoms. The molecule has 0 aliphatic carbocycles. The maximum Gasteiger partial charge on any atom is 0.348 e. The zero-order valence-corrected chi connectivity index (χ0v) is 17.1. The van der Waals surface area contributed by atoms with Crippen LogP contribution in [0.3, 0.4) is 0 Å². The lowest BCUT2D eigenvalue weighted by Gasteiger charge is -2.16. The summed E-state index contributed by atoms with van der Waals surface area (Å²) < 4.78 is 6.04. The molecule has 0 aliphatic rings. The fourth-order valence-corrected chi connectivity index (χ4v) is 3.99. The Hall–Kier alpha value is -3.00. The number of carbonyl (C=O) groups excluding carboxylic acids is 2. The molecule has 1 atom stereocenters. The summed E-state index contributed by atoms with van der Waals surface area (Å²) in [6.45, 7) is 7.17. The normalized spacial score (nSPS) is 12.0. The standard InChI is InChI=1S/C20H21N3O4S/c1-10-6-7-11(2)14(8-10)22-17(24)13(4)23-9-21-18-15(19(23)25)12(3)16(28-18)20(26)27-5/h6-9,13H,1-5H3,(H,22,24)/t13-/m0/s1. The van der Waals surface area contributed by atoms with E-state index >= 15 is 0 Å². The number of thiophene rings is 1. The monoisotopic (exact) mass is 399 g/mol. The molecular formula is C20H21N3O4S. The van der Waals surface area contributed by atoms with Crippen LogP contribution in [0.25, 0.3) is 10.2 Å². The predicted molar refractivity (Wildman–Crippen MR) is 109 cm³/mol. The van der Waals surface area contributed by atoms with E-state index < -0.39 is 12.0 Å². The van der Waals surface area contributed by atoms with Gasteiger partial charge in [-0.05, 0) is 50.5 Å². The van der Waals surface area contributed by atoms with Crippen LogP contribution in [-0.2, 0) is 9.53 Å². The Morgan fingerprint density at radius 3 is 2.64 bits per heavy atom. The van der Waals surface area contributed by atoms with Gasteiger partial charge in [0.15, 0.2) is 0 Å². The molecule has 3 aromatic rings. The Balaban J connectivity index is 1.98. The third-order valence-corrected chi connectivity index (χ3v) is 5.87. The van der Waals surface area contributed by atoms with Crippen LogP contribution in [0.4, 0.5) is 5.69 Å². The van der Waals surface area contributed by atoms with Gasteiger partial charge in [-0.15, -0.1) is 11.3 Å². The zero-order chi connectivity index (χ0) is 20.6. The van der Waals surface area contributed by atoms with Gasteiger partial charge >= 0.3 is 5.97 Å². The first-order valence-corrected chi connectivity index (χ1v) is 9.53. The fourth-order valence-electron chi connectivity index (χ4n) is 2.93. The van der Waals surface area contributed by atoms with E-state index in [4.69, 9.17) is 4.74 Å². The molecular weight excluding hydrogens is 378 g/mol. The molecule has 8 heteroatoms. The van der Waals surface area contributed by atoms with Crippen molar-refractivity contribution in [3.8, 4) is 0 Å². The van der Waals surface area contributed by atoms with Crippen LogP contribution in [0.15, 0.2) is 29.3 Å². The van der Waals surface area contributed by atoms with Crippen LogP contribution < -0.4 is 10.9 Å². The lowest BCUT2D eigenvalue weighted by molar-refractivity contribution is -0.118. The van der Waals surface area contributed by atoms with E-state index in [1.807, 2.05) is 32.0 Å². The zero-order valence-electron chi connectivity index (χ0n) is 16.3. The second kappa shape index (κ2) is 7.55. The number of esters is 1. The molecule has 28 heavy (non-hydrogen) atoms. The Labute approximate surface area is 166 Å². The van der Waals surface area contributed by atoms with Gasteiger partial charge in [-0.2, -0.15) is 0 Å². The molecule has 0 fully saturated rings. The quantitative estimate of drug-likeness (QED) is 0.680. The number of nitrogens with one attached hydrogen (secondary N) is 1. The minimum absolute atomic E-state index is 0.321. The summed E-state index contributed by atoms with van der Waals surface area (Å²) in [5.41, 5.74) is 2.82. The van der Waals surface area contributed by atoms with Crippen LogP contribution in [0, 0.1) is 20.8 Å². The molecule has 1 N–H and O–H groups in total. The molecule has 7 nitrogen and oxygen atoms in total. The molecule has 2 aromatic heterocycles. The van der Waals surface area contributed by atoms with Crippen molar-refractivity contribution in [3.05, 3.63) is 56.4 Å². The Kier molecular flexibility index (Phi) is 5.33. The van der Waals surface area contributed by atoms with Gasteiger partial charge in [0.1, 0.15) is 15.7 Å². The van der Waals surface area contributed by atoms with Crippen molar-refractivity contribution in [3.63, 3.8) is 0 Å². The minimum Gasteiger partial charge on any atom is -0.465 e. The molecule has 1 aromatic carbocycles. The third kappa shape index (κ3) is 3.43. The summed E-state index contributed by atoms with van der Waals surface area (Å²) in [6, 6.07) is 5.01. The van der Waals surface area contributed by atoms with Crippen molar-refractivity contribution < 1.29 is 14.3 Å². The number of anilines is 1. The summed E-state index contributed by atoms with van der Waals surface area (Å²) in [5.74, 6) is -0.829. The van der Waals surface area contributed by atoms with Crippen LogP contribution >= 0.6 is 11.3 Å². The maximum absolute atomic E-state index is 13.0. The number of carbonyl (C=O) groups is 2. The van der Waals surface area contributed by atoms with Gasteiger partial charge in [-0.1, -0.05) is 12.1 Å². The fraction of sp³-hybridized carbons (Fsp3) is 0.300. The highest BCUT2D eigenvalue weighted by atomic mass is 32.1. The number of rotatable bonds is 4. The molecule has 0 aliphatic heterocycles. The number of nitrogens with zero attached hydrogens (tertiary/aromatic N) is 2. The van der Waals surface area contributed by atoms with E-state index in [-0.39, 0.29) is 11.5 Å². The Bertz CT molecular complexity index is 1150. The number of ether oxygens (including phenoxy) is 1. The lowest BCUT2D eigenvalue weighted by Crippen LogP contribution is -2.32. The predicted octanol–water partition coefficient (Wildman–Crippen LogP) is 3.37. The number of methoxy groups -OCH3 is 1. The van der Waals surface area contributed by atoms with Crippen molar-refractivity contribution >= 4 is 39.1 Å².